The number of benzene rings is 2. The van der Waals surface area contributed by atoms with Crippen molar-refractivity contribution < 1.29 is 18.7 Å². The van der Waals surface area contributed by atoms with E-state index >= 15 is 0 Å². The molecular weight excluding hydrogens is 426 g/mol. The van der Waals surface area contributed by atoms with Gasteiger partial charge in [-0.15, -0.1) is 0 Å². The molecule has 2 heterocycles. The number of fused-ring (bicyclic) bond motifs is 1. The third-order valence-corrected chi connectivity index (χ3v) is 5.05. The fourth-order valence-corrected chi connectivity index (χ4v) is 3.33. The van der Waals surface area contributed by atoms with Crippen molar-refractivity contribution in [1.29, 1.82) is 0 Å². The molecule has 0 radical (unpaired) electrons. The van der Waals surface area contributed by atoms with Gasteiger partial charge in [0, 0.05) is 23.6 Å². The Morgan fingerprint density at radius 3 is 2.55 bits per heavy atom. The molecule has 168 valence electrons. The highest BCUT2D eigenvalue weighted by Gasteiger charge is 2.15. The Morgan fingerprint density at radius 1 is 1.03 bits per heavy atom. The van der Waals surface area contributed by atoms with E-state index in [-0.39, 0.29) is 29.8 Å². The number of carbonyl (C=O) groups excluding carboxylic acids is 1. The molecule has 9 nitrogen and oxygen atoms in total. The van der Waals surface area contributed by atoms with Gasteiger partial charge in [-0.1, -0.05) is 12.1 Å². The lowest BCUT2D eigenvalue weighted by Gasteiger charge is -2.09. The van der Waals surface area contributed by atoms with E-state index in [2.05, 4.69) is 10.4 Å². The lowest BCUT2D eigenvalue weighted by molar-refractivity contribution is 0.0948. The van der Waals surface area contributed by atoms with E-state index in [4.69, 9.17) is 13.9 Å². The van der Waals surface area contributed by atoms with E-state index in [9.17, 15) is 14.4 Å². The number of hydrogen-bond acceptors (Lipinski definition) is 7. The predicted molar refractivity (Wildman–Crippen MR) is 122 cm³/mol. The van der Waals surface area contributed by atoms with Gasteiger partial charge in [0.1, 0.15) is 11.3 Å². The normalized spacial score (nSPS) is 10.7. The molecule has 0 bridgehead atoms. The summed E-state index contributed by atoms with van der Waals surface area (Å²) in [5.74, 6) is 0.512. The van der Waals surface area contributed by atoms with Crippen molar-refractivity contribution in [3.05, 3.63) is 87.0 Å². The number of methoxy groups -OCH3 is 2. The van der Waals surface area contributed by atoms with Crippen LogP contribution in [0.15, 0.2) is 74.7 Å². The molecule has 33 heavy (non-hydrogen) atoms. The predicted octanol–water partition coefficient (Wildman–Crippen LogP) is 2.46. The number of amides is 1. The second-order valence-electron chi connectivity index (χ2n) is 7.09. The maximum absolute atomic E-state index is 12.6. The van der Waals surface area contributed by atoms with Crippen LogP contribution in [-0.4, -0.2) is 36.5 Å². The molecule has 2 aromatic carbocycles. The van der Waals surface area contributed by atoms with Crippen molar-refractivity contribution in [2.45, 2.75) is 6.54 Å². The molecule has 1 amide bonds. The maximum atomic E-state index is 12.6. The fraction of sp³-hybridized carbons (Fsp3) is 0.167. The molecule has 0 aliphatic heterocycles. The van der Waals surface area contributed by atoms with Crippen LogP contribution in [0.5, 0.6) is 11.5 Å². The van der Waals surface area contributed by atoms with E-state index in [1.54, 1.807) is 43.5 Å². The van der Waals surface area contributed by atoms with Crippen LogP contribution in [0.25, 0.3) is 22.2 Å². The average molecular weight is 447 g/mol. The molecule has 4 aromatic rings. The standard InChI is InChI=1S/C24H21N3O6/c1-31-17-8-6-15(7-9-17)19-10-11-21(28)27(26-19)13-12-25-23(29)18-14-16-4-3-5-20(32-2)22(16)33-24(18)30/h3-11,14H,12-13H2,1-2H3,(H,25,29). The van der Waals surface area contributed by atoms with Crippen LogP contribution in [0, 0.1) is 0 Å². The summed E-state index contributed by atoms with van der Waals surface area (Å²) in [5, 5.41) is 7.56. The van der Waals surface area contributed by atoms with Gasteiger partial charge in [0.2, 0.25) is 0 Å². The second kappa shape index (κ2) is 9.39. The summed E-state index contributed by atoms with van der Waals surface area (Å²) >= 11 is 0. The van der Waals surface area contributed by atoms with E-state index < -0.39 is 11.5 Å². The minimum Gasteiger partial charge on any atom is -0.497 e. The summed E-state index contributed by atoms with van der Waals surface area (Å²) in [6, 6.07) is 16.9. The van der Waals surface area contributed by atoms with Gasteiger partial charge in [-0.05, 0) is 42.5 Å². The topological polar surface area (TPSA) is 113 Å². The van der Waals surface area contributed by atoms with E-state index in [0.717, 1.165) is 5.56 Å². The summed E-state index contributed by atoms with van der Waals surface area (Å²) in [7, 11) is 3.05. The van der Waals surface area contributed by atoms with Gasteiger partial charge in [-0.25, -0.2) is 9.48 Å². The number of rotatable bonds is 7. The van der Waals surface area contributed by atoms with Gasteiger partial charge in [0.05, 0.1) is 26.5 Å². The first-order valence-electron chi connectivity index (χ1n) is 10.1. The minimum atomic E-state index is -0.777. The Labute approximate surface area is 188 Å². The lowest BCUT2D eigenvalue weighted by atomic mass is 10.1. The van der Waals surface area contributed by atoms with Gasteiger partial charge in [-0.3, -0.25) is 9.59 Å². The van der Waals surface area contributed by atoms with Gasteiger partial charge >= 0.3 is 5.63 Å². The zero-order valence-corrected chi connectivity index (χ0v) is 18.0. The molecule has 0 aliphatic carbocycles. The zero-order chi connectivity index (χ0) is 23.4. The van der Waals surface area contributed by atoms with E-state index in [1.165, 1.54) is 23.9 Å². The number of hydrogen-bond donors (Lipinski definition) is 1. The number of carbonyl (C=O) groups is 1. The molecule has 1 N–H and O–H groups in total. The summed E-state index contributed by atoms with van der Waals surface area (Å²) in [6.45, 7) is 0.217. The highest BCUT2D eigenvalue weighted by Crippen LogP contribution is 2.24. The van der Waals surface area contributed by atoms with Crippen LogP contribution in [0.4, 0.5) is 0 Å². The Hall–Kier alpha value is -4.40. The van der Waals surface area contributed by atoms with Crippen LogP contribution in [0.2, 0.25) is 0 Å². The van der Waals surface area contributed by atoms with E-state index in [0.29, 0.717) is 22.6 Å². The summed E-state index contributed by atoms with van der Waals surface area (Å²) in [5.41, 5.74) is 0.473. The van der Waals surface area contributed by atoms with Crippen molar-refractivity contribution in [2.24, 2.45) is 0 Å². The molecule has 0 unspecified atom stereocenters. The lowest BCUT2D eigenvalue weighted by Crippen LogP contribution is -2.33. The Balaban J connectivity index is 1.48. The number of ether oxygens (including phenoxy) is 2. The molecule has 0 aliphatic rings. The summed E-state index contributed by atoms with van der Waals surface area (Å²) in [4.78, 5) is 37.1. The molecule has 9 heteroatoms. The molecule has 0 atom stereocenters. The van der Waals surface area contributed by atoms with Gasteiger partial charge in [0.15, 0.2) is 11.3 Å². The number of nitrogens with one attached hydrogen (secondary N) is 1. The van der Waals surface area contributed by atoms with Crippen LogP contribution in [-0.2, 0) is 6.54 Å². The molecule has 0 fully saturated rings. The van der Waals surface area contributed by atoms with Crippen molar-refractivity contribution in [1.82, 2.24) is 15.1 Å². The fourth-order valence-electron chi connectivity index (χ4n) is 3.33. The second-order valence-corrected chi connectivity index (χ2v) is 7.09. The highest BCUT2D eigenvalue weighted by molar-refractivity contribution is 5.97. The van der Waals surface area contributed by atoms with Crippen molar-refractivity contribution >= 4 is 16.9 Å². The van der Waals surface area contributed by atoms with Gasteiger partial charge in [0.25, 0.3) is 11.5 Å². The summed E-state index contributed by atoms with van der Waals surface area (Å²) in [6.07, 6.45) is 0. The number of para-hydroxylation sites is 1. The monoisotopic (exact) mass is 447 g/mol. The average Bonchev–Trinajstić information content (AvgIpc) is 2.84. The van der Waals surface area contributed by atoms with Crippen molar-refractivity contribution in [3.63, 3.8) is 0 Å². The smallest absolute Gasteiger partial charge is 0.349 e. The molecule has 4 rings (SSSR count). The van der Waals surface area contributed by atoms with E-state index in [1.807, 2.05) is 12.1 Å². The third kappa shape index (κ3) is 4.62. The van der Waals surface area contributed by atoms with Crippen LogP contribution in [0.1, 0.15) is 10.4 Å². The van der Waals surface area contributed by atoms with Crippen LogP contribution >= 0.6 is 0 Å². The Morgan fingerprint density at radius 2 is 1.82 bits per heavy atom. The SMILES string of the molecule is COc1ccc(-c2ccc(=O)n(CCNC(=O)c3cc4cccc(OC)c4oc3=O)n2)cc1. The largest absolute Gasteiger partial charge is 0.497 e. The third-order valence-electron chi connectivity index (χ3n) is 5.05. The first kappa shape index (κ1) is 21.8. The maximum Gasteiger partial charge on any atom is 0.349 e. The Bertz CT molecular complexity index is 1420. The molecule has 0 saturated heterocycles. The highest BCUT2D eigenvalue weighted by atomic mass is 16.5. The molecular formula is C24H21N3O6. The minimum absolute atomic E-state index is 0.0907. The number of aromatic nitrogens is 2. The van der Waals surface area contributed by atoms with Crippen LogP contribution < -0.4 is 26.0 Å². The number of nitrogens with zero attached hydrogens (tertiary/aromatic N) is 2. The van der Waals surface area contributed by atoms with Crippen molar-refractivity contribution in [2.75, 3.05) is 20.8 Å². The first-order chi connectivity index (χ1) is 16.0. The molecule has 0 spiro atoms. The quantitative estimate of drug-likeness (QED) is 0.433. The Kier molecular flexibility index (Phi) is 6.21. The zero-order valence-electron chi connectivity index (χ0n) is 18.0. The van der Waals surface area contributed by atoms with Crippen molar-refractivity contribution in [3.8, 4) is 22.8 Å². The van der Waals surface area contributed by atoms with Gasteiger partial charge < -0.3 is 19.2 Å². The summed E-state index contributed by atoms with van der Waals surface area (Å²) < 4.78 is 16.9. The van der Waals surface area contributed by atoms with Gasteiger partial charge in [-0.2, -0.15) is 5.10 Å². The molecule has 2 aromatic heterocycles. The van der Waals surface area contributed by atoms with Crippen LogP contribution in [0.3, 0.4) is 0 Å². The molecule has 0 saturated carbocycles. The first-order valence-corrected chi connectivity index (χ1v) is 10.1.